The monoisotopic (exact) mass is 382 g/mol. The maximum atomic E-state index is 12.7. The van der Waals surface area contributed by atoms with Gasteiger partial charge in [-0.1, -0.05) is 26.0 Å². The highest BCUT2D eigenvalue weighted by Gasteiger charge is 2.17. The summed E-state index contributed by atoms with van der Waals surface area (Å²) in [7, 11) is -3.73. The molecule has 0 aliphatic carbocycles. The number of rotatable bonds is 5. The van der Waals surface area contributed by atoms with Gasteiger partial charge in [0.1, 0.15) is 0 Å². The summed E-state index contributed by atoms with van der Waals surface area (Å²) in [6, 6.07) is 12.0. The molecule has 0 saturated carbocycles. The van der Waals surface area contributed by atoms with E-state index >= 15 is 0 Å². The van der Waals surface area contributed by atoms with Crippen LogP contribution in [-0.2, 0) is 10.0 Å². The first-order valence-electron chi connectivity index (χ1n) is 8.54. The van der Waals surface area contributed by atoms with Crippen LogP contribution in [0.25, 0.3) is 0 Å². The van der Waals surface area contributed by atoms with Gasteiger partial charge in [-0.25, -0.2) is 8.42 Å². The second-order valence-electron chi connectivity index (χ2n) is 6.45. The third-order valence-electron chi connectivity index (χ3n) is 4.15. The molecule has 0 fully saturated rings. The van der Waals surface area contributed by atoms with Gasteiger partial charge in [0, 0.05) is 30.5 Å². The van der Waals surface area contributed by atoms with Gasteiger partial charge in [0.2, 0.25) is 0 Å². The van der Waals surface area contributed by atoms with Crippen LogP contribution in [-0.4, -0.2) is 14.6 Å². The quantitative estimate of drug-likeness (QED) is 0.763. The van der Waals surface area contributed by atoms with Gasteiger partial charge in [-0.05, 0) is 47.9 Å². The molecule has 1 heterocycles. The molecule has 0 saturated heterocycles. The molecule has 0 atom stereocenters. The van der Waals surface area contributed by atoms with Crippen molar-refractivity contribution in [1.82, 2.24) is 0 Å². The number of allylic oxidation sites excluding steroid dienone is 1. The lowest BCUT2D eigenvalue weighted by atomic mass is 10.0. The van der Waals surface area contributed by atoms with E-state index in [0.717, 1.165) is 5.56 Å². The molecule has 6 nitrogen and oxygen atoms in total. The zero-order valence-electron chi connectivity index (χ0n) is 15.2. The van der Waals surface area contributed by atoms with E-state index in [2.05, 4.69) is 23.6 Å². The largest absolute Gasteiger partial charge is 0.397 e. The number of nitrogen functional groups attached to an aromatic ring is 1. The zero-order valence-corrected chi connectivity index (χ0v) is 16.0. The Hall–Kier alpha value is -3.06. The summed E-state index contributed by atoms with van der Waals surface area (Å²) in [6.07, 6.45) is 8.59. The zero-order chi connectivity index (χ0) is 19.4. The topological polar surface area (TPSA) is 87.8 Å². The molecule has 140 valence electrons. The summed E-state index contributed by atoms with van der Waals surface area (Å²) >= 11 is 0. The van der Waals surface area contributed by atoms with Crippen molar-refractivity contribution in [2.75, 3.05) is 15.4 Å². The van der Waals surface area contributed by atoms with Crippen LogP contribution in [0.2, 0.25) is 0 Å². The van der Waals surface area contributed by atoms with Crippen LogP contribution in [0.15, 0.2) is 77.0 Å². The molecule has 2 aromatic rings. The predicted octanol–water partition coefficient (Wildman–Crippen LogP) is 4.07. The number of nitrogens with one attached hydrogen (secondary N) is 1. The van der Waals surface area contributed by atoms with Crippen molar-refractivity contribution in [2.24, 2.45) is 4.99 Å². The van der Waals surface area contributed by atoms with Crippen LogP contribution in [0, 0.1) is 0 Å². The minimum absolute atomic E-state index is 0.107. The van der Waals surface area contributed by atoms with E-state index in [1.807, 2.05) is 12.1 Å². The Morgan fingerprint density at radius 1 is 1.07 bits per heavy atom. The summed E-state index contributed by atoms with van der Waals surface area (Å²) in [5.74, 6) is 0.385. The molecule has 27 heavy (non-hydrogen) atoms. The van der Waals surface area contributed by atoms with Crippen LogP contribution in [0.3, 0.4) is 0 Å². The fraction of sp³-hybridized carbons (Fsp3) is 0.150. The maximum Gasteiger partial charge on any atom is 0.261 e. The summed E-state index contributed by atoms with van der Waals surface area (Å²) in [6.45, 7) is 4.18. The highest BCUT2D eigenvalue weighted by atomic mass is 32.2. The van der Waals surface area contributed by atoms with E-state index in [1.165, 1.54) is 12.1 Å². The van der Waals surface area contributed by atoms with E-state index in [1.54, 1.807) is 54.0 Å². The minimum Gasteiger partial charge on any atom is -0.397 e. The Morgan fingerprint density at radius 2 is 1.81 bits per heavy atom. The molecule has 7 heteroatoms. The highest BCUT2D eigenvalue weighted by Crippen LogP contribution is 2.28. The van der Waals surface area contributed by atoms with E-state index in [9.17, 15) is 8.42 Å². The molecule has 0 spiro atoms. The predicted molar refractivity (Wildman–Crippen MR) is 111 cm³/mol. The number of aliphatic imine (C=N–C) groups is 1. The van der Waals surface area contributed by atoms with Gasteiger partial charge in [-0.3, -0.25) is 9.71 Å². The fourth-order valence-electron chi connectivity index (χ4n) is 2.64. The minimum atomic E-state index is -3.73. The van der Waals surface area contributed by atoms with E-state index in [-0.39, 0.29) is 4.90 Å². The van der Waals surface area contributed by atoms with Crippen molar-refractivity contribution in [3.8, 4) is 0 Å². The second-order valence-corrected chi connectivity index (χ2v) is 8.13. The van der Waals surface area contributed by atoms with Crippen LogP contribution >= 0.6 is 0 Å². The molecule has 2 aromatic carbocycles. The van der Waals surface area contributed by atoms with Crippen LogP contribution in [0.5, 0.6) is 0 Å². The first kappa shape index (κ1) is 18.7. The van der Waals surface area contributed by atoms with E-state index < -0.39 is 10.0 Å². The average molecular weight is 382 g/mol. The van der Waals surface area contributed by atoms with Crippen molar-refractivity contribution in [3.63, 3.8) is 0 Å². The van der Waals surface area contributed by atoms with E-state index in [0.29, 0.717) is 23.0 Å². The smallest absolute Gasteiger partial charge is 0.261 e. The average Bonchev–Trinajstić information content (AvgIpc) is 2.91. The molecule has 0 bridgehead atoms. The Labute approximate surface area is 159 Å². The number of hydrogen-bond acceptors (Lipinski definition) is 5. The summed E-state index contributed by atoms with van der Waals surface area (Å²) in [5, 5.41) is 0. The molecule has 0 unspecified atom stereocenters. The van der Waals surface area contributed by atoms with Crippen LogP contribution in [0.1, 0.15) is 25.3 Å². The standard InChI is InChI=1S/C20H22N4O2S/c1-15(2)16-4-6-17(7-5-16)23-27(25,26)18-8-9-20(19(21)14-18)24-12-3-10-22-11-13-24/h3-15,23H,21H2,1-2H3. The van der Waals surface area contributed by atoms with Gasteiger partial charge in [0.25, 0.3) is 10.0 Å². The van der Waals surface area contributed by atoms with Crippen molar-refractivity contribution >= 4 is 33.3 Å². The Kier molecular flexibility index (Phi) is 5.32. The number of sulfonamides is 1. The lowest BCUT2D eigenvalue weighted by molar-refractivity contribution is 0.601. The summed E-state index contributed by atoms with van der Waals surface area (Å²) in [4.78, 5) is 5.90. The van der Waals surface area contributed by atoms with Gasteiger partial charge in [-0.2, -0.15) is 0 Å². The Morgan fingerprint density at radius 3 is 2.48 bits per heavy atom. The second kappa shape index (κ2) is 7.67. The van der Waals surface area contributed by atoms with Gasteiger partial charge in [-0.15, -0.1) is 0 Å². The Balaban J connectivity index is 1.83. The third kappa shape index (κ3) is 4.38. The molecule has 1 aliphatic heterocycles. The lowest BCUT2D eigenvalue weighted by Crippen LogP contribution is -2.15. The maximum absolute atomic E-state index is 12.7. The molecule has 0 amide bonds. The first-order valence-corrected chi connectivity index (χ1v) is 10.0. The number of anilines is 3. The molecule has 1 aliphatic rings. The van der Waals surface area contributed by atoms with Crippen LogP contribution < -0.4 is 15.4 Å². The summed E-state index contributed by atoms with van der Waals surface area (Å²) < 4.78 is 28.0. The number of benzene rings is 2. The summed E-state index contributed by atoms with van der Waals surface area (Å²) in [5.41, 5.74) is 8.79. The van der Waals surface area contributed by atoms with E-state index in [4.69, 9.17) is 5.73 Å². The SMILES string of the molecule is CC(C)c1ccc(NS(=O)(=O)c2ccc(N3C=CC=NC=C3)c(N)c2)cc1. The van der Waals surface area contributed by atoms with Gasteiger partial charge >= 0.3 is 0 Å². The van der Waals surface area contributed by atoms with Gasteiger partial charge in [0.15, 0.2) is 0 Å². The molecular weight excluding hydrogens is 360 g/mol. The molecule has 0 aromatic heterocycles. The number of nitrogens with zero attached hydrogens (tertiary/aromatic N) is 2. The van der Waals surface area contributed by atoms with Crippen molar-refractivity contribution < 1.29 is 8.42 Å². The highest BCUT2D eigenvalue weighted by molar-refractivity contribution is 7.92. The van der Waals surface area contributed by atoms with Crippen molar-refractivity contribution in [1.29, 1.82) is 0 Å². The fourth-order valence-corrected chi connectivity index (χ4v) is 3.73. The van der Waals surface area contributed by atoms with Crippen molar-refractivity contribution in [2.45, 2.75) is 24.7 Å². The van der Waals surface area contributed by atoms with Gasteiger partial charge < -0.3 is 10.6 Å². The van der Waals surface area contributed by atoms with Crippen LogP contribution in [0.4, 0.5) is 17.1 Å². The number of nitrogens with two attached hydrogens (primary N) is 1. The normalized spacial score (nSPS) is 13.8. The molecule has 3 rings (SSSR count). The molecule has 0 radical (unpaired) electrons. The Bertz CT molecular complexity index is 991. The number of hydrogen-bond donors (Lipinski definition) is 2. The van der Waals surface area contributed by atoms with Crippen molar-refractivity contribution in [3.05, 3.63) is 72.7 Å². The first-order chi connectivity index (χ1) is 12.9. The third-order valence-corrected chi connectivity index (χ3v) is 5.53. The van der Waals surface area contributed by atoms with Gasteiger partial charge in [0.05, 0.1) is 16.3 Å². The lowest BCUT2D eigenvalue weighted by Gasteiger charge is -2.18. The molecule has 3 N–H and O–H groups in total. The molecular formula is C20H22N4O2S.